The zero-order valence-electron chi connectivity index (χ0n) is 8.08. The van der Waals surface area contributed by atoms with Crippen LogP contribution in [0.15, 0.2) is 24.3 Å². The van der Waals surface area contributed by atoms with Crippen molar-refractivity contribution >= 4 is 16.7 Å². The van der Waals surface area contributed by atoms with Crippen LogP contribution in [0.2, 0.25) is 0 Å². The molecule has 0 saturated carbocycles. The van der Waals surface area contributed by atoms with Crippen LogP contribution in [0.5, 0.6) is 0 Å². The third-order valence-electron chi connectivity index (χ3n) is 2.15. The maximum atomic E-state index is 13.0. The van der Waals surface area contributed by atoms with Crippen molar-refractivity contribution in [2.45, 2.75) is 0 Å². The molecule has 4 heteroatoms. The quantitative estimate of drug-likeness (QED) is 0.770. The van der Waals surface area contributed by atoms with Crippen molar-refractivity contribution in [3.63, 3.8) is 0 Å². The van der Waals surface area contributed by atoms with Crippen molar-refractivity contribution in [2.24, 2.45) is 0 Å². The highest BCUT2D eigenvalue weighted by molar-refractivity contribution is 5.86. The van der Waals surface area contributed by atoms with Crippen molar-refractivity contribution in [3.8, 4) is 6.07 Å². The fourth-order valence-corrected chi connectivity index (χ4v) is 1.42. The van der Waals surface area contributed by atoms with Gasteiger partial charge in [0.2, 0.25) is 0 Å². The van der Waals surface area contributed by atoms with E-state index >= 15 is 0 Å². The summed E-state index contributed by atoms with van der Waals surface area (Å²) in [6.07, 6.45) is 0. The lowest BCUT2D eigenvalue weighted by Gasteiger charge is -2.04. The predicted molar refractivity (Wildman–Crippen MR) is 56.0 cm³/mol. The topological polar surface area (TPSA) is 48.7 Å². The van der Waals surface area contributed by atoms with Crippen molar-refractivity contribution in [1.82, 2.24) is 4.98 Å². The SMILES string of the molecule is CNc1cc(C#N)c2cc(F)ccc2n1. The van der Waals surface area contributed by atoms with E-state index in [1.54, 1.807) is 19.2 Å². The highest BCUT2D eigenvalue weighted by Crippen LogP contribution is 2.20. The second-order valence-electron chi connectivity index (χ2n) is 3.08. The second kappa shape index (κ2) is 3.54. The third-order valence-corrected chi connectivity index (χ3v) is 2.15. The number of halogens is 1. The molecule has 0 aliphatic heterocycles. The molecule has 0 bridgehead atoms. The van der Waals surface area contributed by atoms with Gasteiger partial charge in [-0.3, -0.25) is 0 Å². The molecule has 15 heavy (non-hydrogen) atoms. The Morgan fingerprint density at radius 3 is 2.87 bits per heavy atom. The van der Waals surface area contributed by atoms with Crippen molar-refractivity contribution in [3.05, 3.63) is 35.6 Å². The molecule has 74 valence electrons. The zero-order valence-corrected chi connectivity index (χ0v) is 8.08. The van der Waals surface area contributed by atoms with E-state index in [4.69, 9.17) is 5.26 Å². The van der Waals surface area contributed by atoms with Gasteiger partial charge in [0.1, 0.15) is 11.6 Å². The van der Waals surface area contributed by atoms with E-state index in [9.17, 15) is 4.39 Å². The number of benzene rings is 1. The number of fused-ring (bicyclic) bond motifs is 1. The van der Waals surface area contributed by atoms with E-state index in [-0.39, 0.29) is 5.82 Å². The van der Waals surface area contributed by atoms with Gasteiger partial charge in [-0.2, -0.15) is 5.26 Å². The highest BCUT2D eigenvalue weighted by Gasteiger charge is 2.05. The van der Waals surface area contributed by atoms with E-state index < -0.39 is 0 Å². The average Bonchev–Trinajstić information content (AvgIpc) is 2.27. The van der Waals surface area contributed by atoms with E-state index in [0.29, 0.717) is 22.3 Å². The van der Waals surface area contributed by atoms with Crippen LogP contribution in [-0.4, -0.2) is 12.0 Å². The molecule has 2 rings (SSSR count). The number of nitrogens with one attached hydrogen (secondary N) is 1. The number of aromatic nitrogens is 1. The van der Waals surface area contributed by atoms with Gasteiger partial charge in [-0.1, -0.05) is 0 Å². The molecule has 0 fully saturated rings. The number of hydrogen-bond donors (Lipinski definition) is 1. The molecular weight excluding hydrogens is 193 g/mol. The number of nitriles is 1. The van der Waals surface area contributed by atoms with Crippen LogP contribution < -0.4 is 5.32 Å². The summed E-state index contributed by atoms with van der Waals surface area (Å²) in [4.78, 5) is 4.21. The van der Waals surface area contributed by atoms with E-state index in [0.717, 1.165) is 0 Å². The smallest absolute Gasteiger partial charge is 0.127 e. The Bertz CT molecular complexity index is 557. The minimum absolute atomic E-state index is 0.363. The Morgan fingerprint density at radius 1 is 1.40 bits per heavy atom. The maximum absolute atomic E-state index is 13.0. The highest BCUT2D eigenvalue weighted by atomic mass is 19.1. The first-order valence-electron chi connectivity index (χ1n) is 4.43. The van der Waals surface area contributed by atoms with Crippen LogP contribution in [0.1, 0.15) is 5.56 Å². The fourth-order valence-electron chi connectivity index (χ4n) is 1.42. The van der Waals surface area contributed by atoms with E-state index in [1.165, 1.54) is 12.1 Å². The molecule has 0 aliphatic rings. The first-order chi connectivity index (χ1) is 7.24. The summed E-state index contributed by atoms with van der Waals surface area (Å²) in [6, 6.07) is 7.84. The van der Waals surface area contributed by atoms with Crippen molar-refractivity contribution in [1.29, 1.82) is 5.26 Å². The van der Waals surface area contributed by atoms with Gasteiger partial charge in [-0.15, -0.1) is 0 Å². The summed E-state index contributed by atoms with van der Waals surface area (Å²) in [5.41, 5.74) is 1.03. The summed E-state index contributed by atoms with van der Waals surface area (Å²) in [5.74, 6) is 0.240. The second-order valence-corrected chi connectivity index (χ2v) is 3.08. The lowest BCUT2D eigenvalue weighted by atomic mass is 10.1. The molecule has 0 unspecified atom stereocenters. The van der Waals surface area contributed by atoms with E-state index in [1.807, 2.05) is 6.07 Å². The normalized spacial score (nSPS) is 9.93. The predicted octanol–water partition coefficient (Wildman–Crippen LogP) is 2.29. The van der Waals surface area contributed by atoms with Gasteiger partial charge in [-0.25, -0.2) is 9.37 Å². The van der Waals surface area contributed by atoms with Crippen LogP contribution in [0.3, 0.4) is 0 Å². The average molecular weight is 201 g/mol. The Balaban J connectivity index is 2.82. The van der Waals surface area contributed by atoms with Gasteiger partial charge in [-0.05, 0) is 24.3 Å². The monoisotopic (exact) mass is 201 g/mol. The van der Waals surface area contributed by atoms with E-state index in [2.05, 4.69) is 10.3 Å². The molecule has 3 nitrogen and oxygen atoms in total. The van der Waals surface area contributed by atoms with Gasteiger partial charge in [0.05, 0.1) is 17.1 Å². The number of pyridine rings is 1. The lowest BCUT2D eigenvalue weighted by Crippen LogP contribution is -1.94. The van der Waals surface area contributed by atoms with Crippen LogP contribution in [0.4, 0.5) is 10.2 Å². The molecule has 0 aliphatic carbocycles. The summed E-state index contributed by atoms with van der Waals surface area (Å²) < 4.78 is 13.0. The van der Waals surface area contributed by atoms with Crippen LogP contribution >= 0.6 is 0 Å². The van der Waals surface area contributed by atoms with Gasteiger partial charge in [0, 0.05) is 12.4 Å². The molecule has 1 heterocycles. The zero-order chi connectivity index (χ0) is 10.8. The molecule has 1 aromatic carbocycles. The summed E-state index contributed by atoms with van der Waals surface area (Å²) in [5, 5.41) is 12.3. The summed E-state index contributed by atoms with van der Waals surface area (Å²) >= 11 is 0. The first-order valence-corrected chi connectivity index (χ1v) is 4.43. The third kappa shape index (κ3) is 1.59. The Labute approximate surface area is 86.2 Å². The number of nitrogens with zero attached hydrogens (tertiary/aromatic N) is 2. The largest absolute Gasteiger partial charge is 0.373 e. The Hall–Kier alpha value is -2.15. The maximum Gasteiger partial charge on any atom is 0.127 e. The van der Waals surface area contributed by atoms with Gasteiger partial charge in [0.25, 0.3) is 0 Å². The number of anilines is 1. The molecule has 0 spiro atoms. The summed E-state index contributed by atoms with van der Waals surface area (Å²) in [6.45, 7) is 0. The minimum Gasteiger partial charge on any atom is -0.373 e. The fraction of sp³-hybridized carbons (Fsp3) is 0.0909. The van der Waals surface area contributed by atoms with Gasteiger partial charge in [0.15, 0.2) is 0 Å². The molecule has 1 N–H and O–H groups in total. The van der Waals surface area contributed by atoms with Crippen LogP contribution in [-0.2, 0) is 0 Å². The molecule has 0 atom stereocenters. The standard InChI is InChI=1S/C11H8FN3/c1-14-11-4-7(6-13)9-5-8(12)2-3-10(9)15-11/h2-5H,1H3,(H,14,15). The van der Waals surface area contributed by atoms with Crippen molar-refractivity contribution in [2.75, 3.05) is 12.4 Å². The lowest BCUT2D eigenvalue weighted by molar-refractivity contribution is 0.629. The molecule has 0 amide bonds. The van der Waals surface area contributed by atoms with Crippen LogP contribution in [0, 0.1) is 17.1 Å². The Morgan fingerprint density at radius 2 is 2.20 bits per heavy atom. The first kappa shape index (κ1) is 9.41. The molecular formula is C11H8FN3. The Kier molecular flexibility index (Phi) is 2.22. The molecule has 1 aromatic heterocycles. The molecule has 0 radical (unpaired) electrons. The van der Waals surface area contributed by atoms with Crippen LogP contribution in [0.25, 0.3) is 10.9 Å². The van der Waals surface area contributed by atoms with Gasteiger partial charge < -0.3 is 5.32 Å². The van der Waals surface area contributed by atoms with Crippen molar-refractivity contribution < 1.29 is 4.39 Å². The minimum atomic E-state index is -0.363. The van der Waals surface area contributed by atoms with Gasteiger partial charge >= 0.3 is 0 Å². The number of rotatable bonds is 1. The summed E-state index contributed by atoms with van der Waals surface area (Å²) in [7, 11) is 1.72. The molecule has 2 aromatic rings. The molecule has 0 saturated heterocycles. The number of hydrogen-bond acceptors (Lipinski definition) is 3.